The van der Waals surface area contributed by atoms with Crippen LogP contribution in [-0.4, -0.2) is 4.57 Å². The van der Waals surface area contributed by atoms with Crippen LogP contribution >= 0.6 is 0 Å². The Balaban J connectivity index is 2.23. The molecule has 1 aromatic carbocycles. The summed E-state index contributed by atoms with van der Waals surface area (Å²) < 4.78 is 1.83. The fourth-order valence-corrected chi connectivity index (χ4v) is 3.57. The standard InChI is InChI=1S/C17H22N2O/c1-17(2)10-6-5-9-14(17)19-15(18)11-12-7-3-4-8-13(12)16(19)20/h3-4,7-8,11,14H,5-6,9-10,18H2,1-2H3. The van der Waals surface area contributed by atoms with Crippen molar-refractivity contribution in [2.45, 2.75) is 45.6 Å². The third-order valence-corrected chi connectivity index (χ3v) is 4.75. The Morgan fingerprint density at radius 3 is 2.75 bits per heavy atom. The predicted octanol–water partition coefficient (Wildman–Crippen LogP) is 3.73. The lowest BCUT2D eigenvalue weighted by Crippen LogP contribution is -2.37. The number of nitrogens with zero attached hydrogens (tertiary/aromatic N) is 1. The van der Waals surface area contributed by atoms with Gasteiger partial charge >= 0.3 is 0 Å². The Morgan fingerprint density at radius 2 is 2.00 bits per heavy atom. The number of pyridine rings is 1. The van der Waals surface area contributed by atoms with Crippen LogP contribution < -0.4 is 11.3 Å². The first kappa shape index (κ1) is 13.2. The largest absolute Gasteiger partial charge is 0.385 e. The molecule has 0 saturated heterocycles. The van der Waals surface area contributed by atoms with E-state index >= 15 is 0 Å². The van der Waals surface area contributed by atoms with Crippen molar-refractivity contribution in [2.75, 3.05) is 5.73 Å². The summed E-state index contributed by atoms with van der Waals surface area (Å²) in [4.78, 5) is 12.8. The molecule has 106 valence electrons. The van der Waals surface area contributed by atoms with Gasteiger partial charge in [0, 0.05) is 11.4 Å². The number of hydrogen-bond donors (Lipinski definition) is 1. The van der Waals surface area contributed by atoms with Gasteiger partial charge in [0.05, 0.1) is 0 Å². The lowest BCUT2D eigenvalue weighted by molar-refractivity contribution is 0.143. The van der Waals surface area contributed by atoms with E-state index in [1.165, 1.54) is 12.8 Å². The Bertz CT molecular complexity index is 700. The summed E-state index contributed by atoms with van der Waals surface area (Å²) in [5, 5.41) is 1.70. The second-order valence-electron chi connectivity index (χ2n) is 6.58. The van der Waals surface area contributed by atoms with Crippen LogP contribution in [0.15, 0.2) is 35.1 Å². The molecule has 0 bridgehead atoms. The van der Waals surface area contributed by atoms with Crippen molar-refractivity contribution in [1.82, 2.24) is 4.57 Å². The van der Waals surface area contributed by atoms with E-state index in [0.29, 0.717) is 5.82 Å². The highest BCUT2D eigenvalue weighted by atomic mass is 16.1. The van der Waals surface area contributed by atoms with Crippen molar-refractivity contribution in [3.05, 3.63) is 40.7 Å². The van der Waals surface area contributed by atoms with Crippen molar-refractivity contribution >= 4 is 16.6 Å². The highest BCUT2D eigenvalue weighted by Gasteiger charge is 2.35. The van der Waals surface area contributed by atoms with Crippen LogP contribution in [0.3, 0.4) is 0 Å². The molecule has 1 fully saturated rings. The summed E-state index contributed by atoms with van der Waals surface area (Å²) in [6.07, 6.45) is 4.60. The molecule has 0 spiro atoms. The van der Waals surface area contributed by atoms with Gasteiger partial charge in [-0.15, -0.1) is 0 Å². The fourth-order valence-electron chi connectivity index (χ4n) is 3.57. The molecule has 1 aliphatic carbocycles. The van der Waals surface area contributed by atoms with Crippen LogP contribution in [-0.2, 0) is 0 Å². The minimum absolute atomic E-state index is 0.0561. The fraction of sp³-hybridized carbons (Fsp3) is 0.471. The van der Waals surface area contributed by atoms with Gasteiger partial charge < -0.3 is 5.73 Å². The molecule has 1 unspecified atom stereocenters. The van der Waals surface area contributed by atoms with Crippen LogP contribution in [0.4, 0.5) is 5.82 Å². The van der Waals surface area contributed by atoms with Crippen LogP contribution in [0.5, 0.6) is 0 Å². The molecule has 2 aromatic rings. The maximum Gasteiger partial charge on any atom is 0.260 e. The second kappa shape index (κ2) is 4.65. The lowest BCUT2D eigenvalue weighted by Gasteiger charge is -2.40. The van der Waals surface area contributed by atoms with Crippen LogP contribution in [0, 0.1) is 5.41 Å². The highest BCUT2D eigenvalue weighted by molar-refractivity contribution is 5.83. The van der Waals surface area contributed by atoms with Crippen molar-refractivity contribution in [1.29, 1.82) is 0 Å². The zero-order valence-electron chi connectivity index (χ0n) is 12.2. The molecule has 20 heavy (non-hydrogen) atoms. The van der Waals surface area contributed by atoms with E-state index in [4.69, 9.17) is 5.73 Å². The summed E-state index contributed by atoms with van der Waals surface area (Å²) in [5.74, 6) is 0.591. The van der Waals surface area contributed by atoms with Gasteiger partial charge in [-0.1, -0.05) is 44.9 Å². The van der Waals surface area contributed by atoms with Crippen molar-refractivity contribution in [3.8, 4) is 0 Å². The lowest BCUT2D eigenvalue weighted by atomic mass is 9.73. The first-order chi connectivity index (χ1) is 9.50. The molecular weight excluding hydrogens is 248 g/mol. The van der Waals surface area contributed by atoms with Gasteiger partial charge in [0.25, 0.3) is 5.56 Å². The quantitative estimate of drug-likeness (QED) is 0.858. The second-order valence-corrected chi connectivity index (χ2v) is 6.58. The molecule has 1 atom stereocenters. The Labute approximate surface area is 119 Å². The predicted molar refractivity (Wildman–Crippen MR) is 83.9 cm³/mol. The molecular formula is C17H22N2O. The summed E-state index contributed by atoms with van der Waals surface area (Å²) in [5.41, 5.74) is 6.38. The topological polar surface area (TPSA) is 48.0 Å². The maximum atomic E-state index is 12.8. The van der Waals surface area contributed by atoms with E-state index in [0.717, 1.165) is 23.6 Å². The first-order valence-electron chi connectivity index (χ1n) is 7.40. The van der Waals surface area contributed by atoms with Gasteiger partial charge in [-0.2, -0.15) is 0 Å². The number of aromatic nitrogens is 1. The molecule has 1 heterocycles. The number of hydrogen-bond acceptors (Lipinski definition) is 2. The zero-order chi connectivity index (χ0) is 14.3. The van der Waals surface area contributed by atoms with E-state index in [-0.39, 0.29) is 17.0 Å². The van der Waals surface area contributed by atoms with Gasteiger partial charge in [-0.3, -0.25) is 9.36 Å². The van der Waals surface area contributed by atoms with Crippen LogP contribution in [0.25, 0.3) is 10.8 Å². The average Bonchev–Trinajstić information content (AvgIpc) is 2.40. The van der Waals surface area contributed by atoms with Gasteiger partial charge in [-0.25, -0.2) is 0 Å². The molecule has 1 aliphatic rings. The molecule has 1 saturated carbocycles. The molecule has 1 aromatic heterocycles. The molecule has 3 rings (SSSR count). The first-order valence-corrected chi connectivity index (χ1v) is 7.40. The SMILES string of the molecule is CC1(C)CCCCC1n1c(N)cc2ccccc2c1=O. The Morgan fingerprint density at radius 1 is 1.25 bits per heavy atom. The van der Waals surface area contributed by atoms with E-state index in [1.54, 1.807) is 0 Å². The van der Waals surface area contributed by atoms with Gasteiger partial charge in [0.15, 0.2) is 0 Å². The van der Waals surface area contributed by atoms with E-state index in [2.05, 4.69) is 13.8 Å². The van der Waals surface area contributed by atoms with Crippen molar-refractivity contribution in [3.63, 3.8) is 0 Å². The van der Waals surface area contributed by atoms with Crippen LogP contribution in [0.2, 0.25) is 0 Å². The van der Waals surface area contributed by atoms with Gasteiger partial charge in [0.2, 0.25) is 0 Å². The number of nitrogens with two attached hydrogens (primary N) is 1. The number of nitrogen functional groups attached to an aromatic ring is 1. The minimum atomic E-state index is 0.0561. The molecule has 3 nitrogen and oxygen atoms in total. The van der Waals surface area contributed by atoms with E-state index < -0.39 is 0 Å². The highest BCUT2D eigenvalue weighted by Crippen LogP contribution is 2.44. The van der Waals surface area contributed by atoms with Gasteiger partial charge in [0.1, 0.15) is 5.82 Å². The van der Waals surface area contributed by atoms with Crippen molar-refractivity contribution < 1.29 is 0 Å². The Kier molecular flexibility index (Phi) is 3.08. The number of rotatable bonds is 1. The van der Waals surface area contributed by atoms with E-state index in [1.807, 2.05) is 34.9 Å². The number of benzene rings is 1. The minimum Gasteiger partial charge on any atom is -0.385 e. The zero-order valence-corrected chi connectivity index (χ0v) is 12.2. The van der Waals surface area contributed by atoms with E-state index in [9.17, 15) is 4.79 Å². The summed E-state index contributed by atoms with van der Waals surface area (Å²) in [7, 11) is 0. The third-order valence-electron chi connectivity index (χ3n) is 4.75. The summed E-state index contributed by atoms with van der Waals surface area (Å²) >= 11 is 0. The summed E-state index contributed by atoms with van der Waals surface area (Å²) in [6.45, 7) is 4.50. The smallest absolute Gasteiger partial charge is 0.260 e. The average molecular weight is 270 g/mol. The Hall–Kier alpha value is -1.77. The maximum absolute atomic E-state index is 12.8. The molecule has 0 aliphatic heterocycles. The van der Waals surface area contributed by atoms with Crippen molar-refractivity contribution in [2.24, 2.45) is 5.41 Å². The normalized spacial score (nSPS) is 22.0. The van der Waals surface area contributed by atoms with Gasteiger partial charge in [-0.05, 0) is 35.8 Å². The molecule has 3 heteroatoms. The molecule has 0 radical (unpaired) electrons. The van der Waals surface area contributed by atoms with Crippen LogP contribution in [0.1, 0.15) is 45.6 Å². The number of fused-ring (bicyclic) bond motifs is 1. The monoisotopic (exact) mass is 270 g/mol. The number of anilines is 1. The molecule has 2 N–H and O–H groups in total. The third kappa shape index (κ3) is 2.01. The molecule has 0 amide bonds. The summed E-state index contributed by atoms with van der Waals surface area (Å²) in [6, 6.07) is 9.83.